The summed E-state index contributed by atoms with van der Waals surface area (Å²) >= 11 is 0. The van der Waals surface area contributed by atoms with Crippen LogP contribution in [0.25, 0.3) is 5.57 Å². The van der Waals surface area contributed by atoms with E-state index >= 15 is 0 Å². The van der Waals surface area contributed by atoms with E-state index < -0.39 is 5.97 Å². The number of esters is 1. The first kappa shape index (κ1) is 23.8. The van der Waals surface area contributed by atoms with Gasteiger partial charge >= 0.3 is 5.97 Å². The van der Waals surface area contributed by atoms with Crippen molar-refractivity contribution in [1.82, 2.24) is 0 Å². The van der Waals surface area contributed by atoms with Gasteiger partial charge in [0.2, 0.25) is 0 Å². The predicted octanol–water partition coefficient (Wildman–Crippen LogP) is 4.59. The van der Waals surface area contributed by atoms with E-state index in [1.54, 1.807) is 7.11 Å². The number of ether oxygens (including phenoxy) is 4. The van der Waals surface area contributed by atoms with Crippen molar-refractivity contribution in [2.45, 2.75) is 26.9 Å². The number of hydrogen-bond acceptors (Lipinski definition) is 7. The lowest BCUT2D eigenvalue weighted by Crippen LogP contribution is -2.08. The molecule has 7 nitrogen and oxygen atoms in total. The first-order valence-corrected chi connectivity index (χ1v) is 9.93. The van der Waals surface area contributed by atoms with Crippen LogP contribution >= 0.6 is 0 Å². The quantitative estimate of drug-likeness (QED) is 0.130. The molecule has 0 radical (unpaired) electrons. The SMILES string of the molecule is CCCON=C(C)c1ccc(OCc2ccccc2C(=COC)C(=O)OC)c(OC)c1. The topological polar surface area (TPSA) is 75.6 Å². The fourth-order valence-electron chi connectivity index (χ4n) is 2.81. The predicted molar refractivity (Wildman–Crippen MR) is 119 cm³/mol. The summed E-state index contributed by atoms with van der Waals surface area (Å²) < 4.78 is 21.4. The van der Waals surface area contributed by atoms with Crippen LogP contribution in [0.5, 0.6) is 11.5 Å². The molecule has 0 aromatic heterocycles. The summed E-state index contributed by atoms with van der Waals surface area (Å²) in [5, 5.41) is 4.11. The molecule has 0 amide bonds. The fourth-order valence-corrected chi connectivity index (χ4v) is 2.81. The number of methoxy groups -OCH3 is 3. The zero-order chi connectivity index (χ0) is 22.6. The van der Waals surface area contributed by atoms with Crippen LogP contribution in [-0.4, -0.2) is 39.6 Å². The van der Waals surface area contributed by atoms with Gasteiger partial charge in [-0.25, -0.2) is 4.79 Å². The van der Waals surface area contributed by atoms with Gasteiger partial charge in [0.1, 0.15) is 18.8 Å². The van der Waals surface area contributed by atoms with E-state index in [4.69, 9.17) is 23.8 Å². The first-order chi connectivity index (χ1) is 15.0. The summed E-state index contributed by atoms with van der Waals surface area (Å²) in [5.41, 5.74) is 3.40. The Balaban J connectivity index is 2.25. The van der Waals surface area contributed by atoms with Gasteiger partial charge in [0.15, 0.2) is 11.5 Å². The van der Waals surface area contributed by atoms with Crippen molar-refractivity contribution in [3.05, 3.63) is 65.4 Å². The van der Waals surface area contributed by atoms with Crippen molar-refractivity contribution in [2.75, 3.05) is 27.9 Å². The maximum Gasteiger partial charge on any atom is 0.341 e. The maximum atomic E-state index is 12.2. The molecule has 7 heteroatoms. The molecule has 166 valence electrons. The van der Waals surface area contributed by atoms with Gasteiger partial charge in [0.25, 0.3) is 0 Å². The summed E-state index contributed by atoms with van der Waals surface area (Å²) in [6.45, 7) is 4.69. The Morgan fingerprint density at radius 2 is 1.84 bits per heavy atom. The zero-order valence-corrected chi connectivity index (χ0v) is 18.6. The van der Waals surface area contributed by atoms with Gasteiger partial charge in [0, 0.05) is 5.56 Å². The van der Waals surface area contributed by atoms with Crippen molar-refractivity contribution in [3.8, 4) is 11.5 Å². The molecule has 0 bridgehead atoms. The van der Waals surface area contributed by atoms with Crippen molar-refractivity contribution >= 4 is 17.3 Å². The van der Waals surface area contributed by atoms with E-state index in [-0.39, 0.29) is 6.61 Å². The lowest BCUT2D eigenvalue weighted by Gasteiger charge is -2.15. The van der Waals surface area contributed by atoms with E-state index in [2.05, 4.69) is 5.16 Å². The molecule has 2 rings (SSSR count). The van der Waals surface area contributed by atoms with Crippen LogP contribution in [0.2, 0.25) is 0 Å². The Labute approximate surface area is 183 Å². The van der Waals surface area contributed by atoms with E-state index in [0.717, 1.165) is 23.3 Å². The lowest BCUT2D eigenvalue weighted by atomic mass is 10.0. The zero-order valence-electron chi connectivity index (χ0n) is 18.6. The second kappa shape index (κ2) is 12.3. The van der Waals surface area contributed by atoms with Crippen LogP contribution in [0.3, 0.4) is 0 Å². The monoisotopic (exact) mass is 427 g/mol. The molecule has 0 fully saturated rings. The third-order valence-electron chi connectivity index (χ3n) is 4.41. The largest absolute Gasteiger partial charge is 0.503 e. The molecule has 0 aliphatic carbocycles. The average Bonchev–Trinajstić information content (AvgIpc) is 2.81. The molecule has 0 heterocycles. The Bertz CT molecular complexity index is 935. The highest BCUT2D eigenvalue weighted by atomic mass is 16.6. The van der Waals surface area contributed by atoms with Crippen LogP contribution < -0.4 is 9.47 Å². The van der Waals surface area contributed by atoms with E-state index in [0.29, 0.717) is 29.2 Å². The smallest absolute Gasteiger partial charge is 0.341 e. The van der Waals surface area contributed by atoms with Crippen molar-refractivity contribution < 1.29 is 28.6 Å². The number of carbonyl (C=O) groups excluding carboxylic acids is 1. The molecular formula is C24H29NO6. The average molecular weight is 427 g/mol. The van der Waals surface area contributed by atoms with Gasteiger partial charge in [-0.3, -0.25) is 0 Å². The Morgan fingerprint density at radius 1 is 1.06 bits per heavy atom. The van der Waals surface area contributed by atoms with Crippen LogP contribution in [-0.2, 0) is 25.7 Å². The summed E-state index contributed by atoms with van der Waals surface area (Å²) in [7, 11) is 4.39. The molecule has 0 N–H and O–H groups in total. The van der Waals surface area contributed by atoms with Gasteiger partial charge < -0.3 is 23.8 Å². The minimum Gasteiger partial charge on any atom is -0.503 e. The Hall–Kier alpha value is -3.48. The van der Waals surface area contributed by atoms with Gasteiger partial charge in [-0.2, -0.15) is 0 Å². The molecule has 0 atom stereocenters. The molecule has 31 heavy (non-hydrogen) atoms. The summed E-state index contributed by atoms with van der Waals surface area (Å²) in [6, 6.07) is 13.0. The highest BCUT2D eigenvalue weighted by Crippen LogP contribution is 2.30. The molecular weight excluding hydrogens is 398 g/mol. The second-order valence-electron chi connectivity index (χ2n) is 6.58. The summed E-state index contributed by atoms with van der Waals surface area (Å²) in [5.74, 6) is 0.649. The number of rotatable bonds is 11. The number of hydrogen-bond donors (Lipinski definition) is 0. The van der Waals surface area contributed by atoms with Crippen LogP contribution in [0.15, 0.2) is 53.9 Å². The first-order valence-electron chi connectivity index (χ1n) is 9.93. The molecule has 0 aliphatic heterocycles. The fraction of sp³-hybridized carbons (Fsp3) is 0.333. The molecule has 2 aromatic carbocycles. The lowest BCUT2D eigenvalue weighted by molar-refractivity contribution is -0.133. The maximum absolute atomic E-state index is 12.2. The molecule has 0 saturated heterocycles. The summed E-state index contributed by atoms with van der Waals surface area (Å²) in [6.07, 6.45) is 2.26. The number of benzene rings is 2. The minimum absolute atomic E-state index is 0.219. The standard InChI is InChI=1S/C24H29NO6/c1-6-13-31-25-17(2)18-11-12-22(23(14-18)28-4)30-15-19-9-7-8-10-20(19)21(16-27-3)24(26)29-5/h7-12,14,16H,6,13,15H2,1-5H3. The van der Waals surface area contributed by atoms with Crippen LogP contribution in [0, 0.1) is 0 Å². The molecule has 0 aliphatic rings. The van der Waals surface area contributed by atoms with Crippen molar-refractivity contribution in [3.63, 3.8) is 0 Å². The molecule has 0 unspecified atom stereocenters. The third-order valence-corrected chi connectivity index (χ3v) is 4.41. The molecule has 0 saturated carbocycles. The molecule has 2 aromatic rings. The number of oxime groups is 1. The van der Waals surface area contributed by atoms with Gasteiger partial charge in [-0.15, -0.1) is 0 Å². The third kappa shape index (κ3) is 6.50. The number of carbonyl (C=O) groups is 1. The van der Waals surface area contributed by atoms with Gasteiger partial charge in [-0.1, -0.05) is 36.3 Å². The van der Waals surface area contributed by atoms with Gasteiger partial charge in [-0.05, 0) is 42.7 Å². The minimum atomic E-state index is -0.490. The summed E-state index contributed by atoms with van der Waals surface area (Å²) in [4.78, 5) is 17.4. The van der Waals surface area contributed by atoms with Crippen LogP contribution in [0.4, 0.5) is 0 Å². The van der Waals surface area contributed by atoms with Crippen molar-refractivity contribution in [2.24, 2.45) is 5.16 Å². The van der Waals surface area contributed by atoms with E-state index in [1.165, 1.54) is 20.5 Å². The van der Waals surface area contributed by atoms with E-state index in [1.807, 2.05) is 56.3 Å². The van der Waals surface area contributed by atoms with Gasteiger partial charge in [0.05, 0.1) is 33.3 Å². The highest BCUT2D eigenvalue weighted by Gasteiger charge is 2.17. The highest BCUT2D eigenvalue weighted by molar-refractivity contribution is 6.16. The second-order valence-corrected chi connectivity index (χ2v) is 6.58. The Morgan fingerprint density at radius 3 is 2.52 bits per heavy atom. The van der Waals surface area contributed by atoms with Crippen LogP contribution in [0.1, 0.15) is 37.0 Å². The Kier molecular flexibility index (Phi) is 9.42. The normalized spacial score (nSPS) is 11.6. The van der Waals surface area contributed by atoms with Crippen molar-refractivity contribution in [1.29, 1.82) is 0 Å². The number of nitrogens with zero attached hydrogens (tertiary/aromatic N) is 1. The molecule has 0 spiro atoms. The van der Waals surface area contributed by atoms with E-state index in [9.17, 15) is 4.79 Å².